The summed E-state index contributed by atoms with van der Waals surface area (Å²) in [5.74, 6) is 0.326. The summed E-state index contributed by atoms with van der Waals surface area (Å²) in [5, 5.41) is 26.1. The van der Waals surface area contributed by atoms with Crippen molar-refractivity contribution >= 4 is 83.8 Å². The van der Waals surface area contributed by atoms with Crippen molar-refractivity contribution in [3.63, 3.8) is 0 Å². The van der Waals surface area contributed by atoms with Crippen LogP contribution in [-0.4, -0.2) is 176 Å². The van der Waals surface area contributed by atoms with Crippen molar-refractivity contribution in [1.82, 2.24) is 54.2 Å². The summed E-state index contributed by atoms with van der Waals surface area (Å²) < 4.78 is 9.33. The molecule has 3 atom stereocenters. The molecule has 4 saturated heterocycles. The van der Waals surface area contributed by atoms with E-state index in [-0.39, 0.29) is 23.7 Å². The van der Waals surface area contributed by atoms with Gasteiger partial charge in [0.2, 0.25) is 0 Å². The van der Waals surface area contributed by atoms with Crippen molar-refractivity contribution in [3.8, 4) is 17.1 Å². The number of carbonyl (C=O) groups is 3. The number of hydrogen-bond acceptors (Lipinski definition) is 18. The van der Waals surface area contributed by atoms with E-state index >= 15 is 0 Å². The third-order valence-electron chi connectivity index (χ3n) is 19.5. The van der Waals surface area contributed by atoms with Crippen LogP contribution in [0.15, 0.2) is 188 Å². The molecule has 11 aromatic rings. The van der Waals surface area contributed by atoms with E-state index in [0.717, 1.165) is 170 Å². The fraction of sp³-hybridized carbons (Fsp3) is 0.354. The van der Waals surface area contributed by atoms with Crippen LogP contribution in [0.25, 0.3) is 44.1 Å². The standard InChI is InChI=1S/C27H35N5O2S.C27H29N5O.C25H25N5O2/c1-20(33)18-23(22-19-35-27(29-22)32-12-4-3-5-13-32)30-14-7-15-31(17-16-30)26-24(34-2)10-9-21-8-6-11-28-25(21)26;1-20-18-22-8-6-12-28-26(22)25(19-20)30-13-7-14-31(17-16-30)27(21(2)33)24-11-15-32(29-24)23-9-4-3-5-10-23;31-25(32)24(21-12-16-30(27-21)20-9-2-1-3-10-20)29-15-6-14-28(17-18-29)22-11-4-7-19-8-5-13-26-23(19)22/h6,8-11,19,23H,3-5,7,12-18H2,1-2H3;3-6,8-12,15,18-19,27H,7,13-14,16-17H2,1-2H3;1-5,7-13,16,24H,6,14-15,17-18H2,(H,31,32). The maximum absolute atomic E-state index is 12.8. The van der Waals surface area contributed by atoms with E-state index < -0.39 is 12.0 Å². The lowest BCUT2D eigenvalue weighted by Crippen LogP contribution is -2.37. The molecule has 0 aliphatic carbocycles. The molecular weight excluding hydrogens is 1270 g/mol. The number of anilines is 4. The zero-order chi connectivity index (χ0) is 68.9. The van der Waals surface area contributed by atoms with Gasteiger partial charge >= 0.3 is 5.97 Å². The minimum atomic E-state index is -0.872. The number of thiazole rings is 1. The van der Waals surface area contributed by atoms with Crippen LogP contribution in [0.5, 0.6) is 5.75 Å². The van der Waals surface area contributed by atoms with Gasteiger partial charge in [-0.2, -0.15) is 10.2 Å². The molecule has 1 N–H and O–H groups in total. The number of hydrogen-bond donors (Lipinski definition) is 1. The van der Waals surface area contributed by atoms with Gasteiger partial charge in [-0.25, -0.2) is 14.3 Å². The first kappa shape index (κ1) is 68.6. The Morgan fingerprint density at radius 2 is 1.02 bits per heavy atom. The second-order valence-electron chi connectivity index (χ2n) is 26.4. The highest BCUT2D eigenvalue weighted by Crippen LogP contribution is 2.38. The van der Waals surface area contributed by atoms with Crippen molar-refractivity contribution in [1.29, 1.82) is 0 Å². The van der Waals surface area contributed by atoms with Crippen LogP contribution in [-0.2, 0) is 14.4 Å². The normalized spacial score (nSPS) is 16.9. The predicted molar refractivity (Wildman–Crippen MR) is 399 cm³/mol. The third kappa shape index (κ3) is 16.0. The number of benzene rings is 5. The fourth-order valence-corrected chi connectivity index (χ4v) is 15.6. The van der Waals surface area contributed by atoms with E-state index in [0.29, 0.717) is 25.2 Å². The zero-order valence-corrected chi connectivity index (χ0v) is 58.5. The molecular formula is C79H89N15O5S. The fourth-order valence-electron chi connectivity index (χ4n) is 14.7. The van der Waals surface area contributed by atoms with Gasteiger partial charge in [-0.05, 0) is 150 Å². The molecule has 0 amide bonds. The smallest absolute Gasteiger partial charge is 0.327 e. The number of aryl methyl sites for hydroxylation is 1. The quantitative estimate of drug-likeness (QED) is 0.0904. The summed E-state index contributed by atoms with van der Waals surface area (Å²) in [6, 6.07) is 49.4. The topological polar surface area (TPSA) is 191 Å². The Bertz CT molecular complexity index is 4550. The average Bonchev–Trinajstić information content (AvgIpc) is 1.11. The molecule has 21 heteroatoms. The van der Waals surface area contributed by atoms with E-state index in [1.54, 1.807) is 37.0 Å². The molecule has 10 heterocycles. The van der Waals surface area contributed by atoms with Gasteiger partial charge in [-0.3, -0.25) is 44.0 Å². The third-order valence-corrected chi connectivity index (χ3v) is 20.4. The largest absolute Gasteiger partial charge is 0.494 e. The predicted octanol–water partition coefficient (Wildman–Crippen LogP) is 13.3. The number of fused-ring (bicyclic) bond motifs is 3. The van der Waals surface area contributed by atoms with Crippen LogP contribution in [0.4, 0.5) is 22.2 Å². The summed E-state index contributed by atoms with van der Waals surface area (Å²) in [5.41, 5.74) is 11.9. The SMILES string of the molecule is CC(=O)C(c1ccn(-c2ccccc2)n1)N1CCCN(c2cc(C)cc3cccnc23)CC1.COc1ccc2cccnc2c1N1CCCN(C(CC(C)=O)c2csc(N3CCCCC3)n2)CC1.O=C(O)C(c1ccn(-c2ccccc2)n1)N1CCCN(c2cccc3cccnc23)CC1. The van der Waals surface area contributed by atoms with Crippen LogP contribution in [0.2, 0.25) is 0 Å². The van der Waals surface area contributed by atoms with Gasteiger partial charge in [0.25, 0.3) is 0 Å². The number of rotatable bonds is 17. The van der Waals surface area contributed by atoms with E-state index in [4.69, 9.17) is 19.8 Å². The lowest BCUT2D eigenvalue weighted by atomic mass is 10.1. The number of nitrogens with zero attached hydrogens (tertiary/aromatic N) is 15. The van der Waals surface area contributed by atoms with Gasteiger partial charge < -0.3 is 29.4 Å². The summed E-state index contributed by atoms with van der Waals surface area (Å²) in [6.45, 7) is 17.6. The number of methoxy groups -OCH3 is 1. The van der Waals surface area contributed by atoms with Crippen molar-refractivity contribution in [2.75, 3.05) is 118 Å². The highest BCUT2D eigenvalue weighted by molar-refractivity contribution is 7.13. The van der Waals surface area contributed by atoms with Gasteiger partial charge in [0, 0.05) is 151 Å². The van der Waals surface area contributed by atoms with Crippen LogP contribution in [0, 0.1) is 6.92 Å². The number of carbonyl (C=O) groups excluding carboxylic acids is 2. The Balaban J connectivity index is 0.000000135. The molecule has 0 radical (unpaired) electrons. The molecule has 516 valence electrons. The number of ether oxygens (including phenoxy) is 1. The summed E-state index contributed by atoms with van der Waals surface area (Å²) in [7, 11) is 1.72. The van der Waals surface area contributed by atoms with Crippen LogP contribution in [0.1, 0.15) is 99.6 Å². The summed E-state index contributed by atoms with van der Waals surface area (Å²) in [6.07, 6.45) is 16.4. The maximum Gasteiger partial charge on any atom is 0.327 e. The minimum absolute atomic E-state index is 0.0229. The number of Topliss-reactive ketones (excluding diaryl/α,β-unsaturated/α-hetero) is 2. The Labute approximate surface area is 589 Å². The number of pyridine rings is 3. The Hall–Kier alpha value is -9.93. The molecule has 4 fully saturated rings. The minimum Gasteiger partial charge on any atom is -0.494 e. The Kier molecular flexibility index (Phi) is 22.2. The molecule has 4 aliphatic rings. The number of piperidine rings is 1. The van der Waals surface area contributed by atoms with E-state index in [1.807, 2.05) is 138 Å². The van der Waals surface area contributed by atoms with Crippen molar-refractivity contribution in [2.45, 2.75) is 83.8 Å². The van der Waals surface area contributed by atoms with Gasteiger partial charge in [-0.1, -0.05) is 66.7 Å². The van der Waals surface area contributed by atoms with E-state index in [1.165, 1.54) is 35.9 Å². The Morgan fingerprint density at radius 1 is 0.490 bits per heavy atom. The molecule has 100 heavy (non-hydrogen) atoms. The molecule has 6 aromatic heterocycles. The first-order valence-corrected chi connectivity index (χ1v) is 36.1. The van der Waals surface area contributed by atoms with Crippen LogP contribution < -0.4 is 24.3 Å². The van der Waals surface area contributed by atoms with Crippen molar-refractivity contribution in [2.24, 2.45) is 0 Å². The van der Waals surface area contributed by atoms with E-state index in [2.05, 4.69) is 111 Å². The van der Waals surface area contributed by atoms with Gasteiger partial charge in [0.05, 0.1) is 69.5 Å². The first-order valence-electron chi connectivity index (χ1n) is 35.2. The molecule has 5 aromatic carbocycles. The Morgan fingerprint density at radius 3 is 1.64 bits per heavy atom. The second-order valence-corrected chi connectivity index (χ2v) is 27.2. The summed E-state index contributed by atoms with van der Waals surface area (Å²) in [4.78, 5) is 72.6. The lowest BCUT2D eigenvalue weighted by Gasteiger charge is -2.30. The number of carboxylic acid groups (broad SMARTS) is 1. The highest BCUT2D eigenvalue weighted by atomic mass is 32.1. The van der Waals surface area contributed by atoms with Crippen molar-refractivity contribution in [3.05, 3.63) is 211 Å². The molecule has 3 unspecified atom stereocenters. The number of aliphatic carboxylic acids is 1. The number of aromatic nitrogens is 8. The van der Waals surface area contributed by atoms with Crippen LogP contribution >= 0.6 is 11.3 Å². The highest BCUT2D eigenvalue weighted by Gasteiger charge is 2.34. The number of carboxylic acids is 1. The number of para-hydroxylation sites is 3. The van der Waals surface area contributed by atoms with Gasteiger partial charge in [0.1, 0.15) is 23.3 Å². The zero-order valence-electron chi connectivity index (χ0n) is 57.7. The van der Waals surface area contributed by atoms with Crippen molar-refractivity contribution < 1.29 is 24.2 Å². The second kappa shape index (κ2) is 32.4. The monoisotopic (exact) mass is 1360 g/mol. The lowest BCUT2D eigenvalue weighted by molar-refractivity contribution is -0.143. The first-order chi connectivity index (χ1) is 48.9. The number of ketones is 2. The summed E-state index contributed by atoms with van der Waals surface area (Å²) >= 11 is 1.73. The molecule has 4 aliphatic heterocycles. The van der Waals surface area contributed by atoms with Gasteiger partial charge in [-0.15, -0.1) is 11.3 Å². The maximum atomic E-state index is 12.8. The molecule has 15 rings (SSSR count). The average molecular weight is 1360 g/mol. The molecule has 0 saturated carbocycles. The van der Waals surface area contributed by atoms with E-state index in [9.17, 15) is 19.5 Å². The molecule has 0 bridgehead atoms. The van der Waals surface area contributed by atoms with Crippen LogP contribution in [0.3, 0.4) is 0 Å². The molecule has 0 spiro atoms. The van der Waals surface area contributed by atoms with Gasteiger partial charge in [0.15, 0.2) is 17.0 Å². The molecule has 20 nitrogen and oxygen atoms in total.